The lowest BCUT2D eigenvalue weighted by atomic mass is 10.2. The number of thioether (sulfide) groups is 2. The molecule has 0 aliphatic carbocycles. The highest BCUT2D eigenvalue weighted by Crippen LogP contribution is 2.24. The Bertz CT molecular complexity index is 329. The Kier molecular flexibility index (Phi) is 5.07. The van der Waals surface area contributed by atoms with Crippen molar-refractivity contribution in [3.05, 3.63) is 21.4 Å². The maximum Gasteiger partial charge on any atom is 0.0263 e. The van der Waals surface area contributed by atoms with E-state index in [1.54, 1.807) is 0 Å². The number of hydrogen-bond donors (Lipinski definition) is 1. The van der Waals surface area contributed by atoms with E-state index in [2.05, 4.69) is 48.8 Å². The van der Waals surface area contributed by atoms with Gasteiger partial charge in [0.25, 0.3) is 0 Å². The third-order valence-electron chi connectivity index (χ3n) is 2.72. The fourth-order valence-electron chi connectivity index (χ4n) is 1.88. The summed E-state index contributed by atoms with van der Waals surface area (Å²) in [5.74, 6) is 3.98. The number of hydrogen-bond acceptors (Lipinski definition) is 4. The Labute approximate surface area is 111 Å². The Morgan fingerprint density at radius 2 is 2.25 bits per heavy atom. The van der Waals surface area contributed by atoms with Crippen LogP contribution in [0, 0.1) is 13.8 Å². The van der Waals surface area contributed by atoms with Crippen molar-refractivity contribution >= 4 is 34.9 Å². The molecule has 0 aromatic carbocycles. The molecule has 1 atom stereocenters. The Hall–Kier alpha value is 0.360. The van der Waals surface area contributed by atoms with Crippen molar-refractivity contribution in [2.75, 3.05) is 23.8 Å². The van der Waals surface area contributed by atoms with Crippen LogP contribution in [0.5, 0.6) is 0 Å². The van der Waals surface area contributed by atoms with Crippen LogP contribution in [0.25, 0.3) is 0 Å². The van der Waals surface area contributed by atoms with Gasteiger partial charge in [-0.05, 0) is 25.5 Å². The predicted octanol–water partition coefficient (Wildman–Crippen LogP) is 3.30. The van der Waals surface area contributed by atoms with E-state index in [1.807, 2.05) is 11.3 Å². The van der Waals surface area contributed by atoms with Crippen LogP contribution >= 0.6 is 34.9 Å². The zero-order chi connectivity index (χ0) is 11.4. The van der Waals surface area contributed by atoms with Crippen molar-refractivity contribution in [1.29, 1.82) is 0 Å². The van der Waals surface area contributed by atoms with E-state index in [4.69, 9.17) is 0 Å². The summed E-state index contributed by atoms with van der Waals surface area (Å²) in [4.78, 5) is 2.90. The summed E-state index contributed by atoms with van der Waals surface area (Å²) in [6.45, 7) is 6.61. The molecule has 0 amide bonds. The highest BCUT2D eigenvalue weighted by atomic mass is 32.2. The first kappa shape index (κ1) is 12.8. The molecule has 2 rings (SSSR count). The molecule has 1 N–H and O–H groups in total. The molecule has 0 spiro atoms. The van der Waals surface area contributed by atoms with Crippen molar-refractivity contribution in [3.63, 3.8) is 0 Å². The largest absolute Gasteiger partial charge is 0.312 e. The van der Waals surface area contributed by atoms with Crippen molar-refractivity contribution in [3.8, 4) is 0 Å². The van der Waals surface area contributed by atoms with Gasteiger partial charge in [0.15, 0.2) is 0 Å². The second kappa shape index (κ2) is 6.34. The Morgan fingerprint density at radius 3 is 2.88 bits per heavy atom. The molecule has 90 valence electrons. The molecule has 2 heterocycles. The first-order chi connectivity index (χ1) is 7.75. The lowest BCUT2D eigenvalue weighted by molar-refractivity contribution is 0.685. The molecule has 0 radical (unpaired) electrons. The van der Waals surface area contributed by atoms with E-state index < -0.39 is 0 Å². The molecule has 0 bridgehead atoms. The minimum atomic E-state index is 0.818. The molecule has 1 saturated heterocycles. The number of rotatable bonds is 4. The molecule has 1 fully saturated rings. The number of thiophene rings is 1. The minimum absolute atomic E-state index is 0.818. The van der Waals surface area contributed by atoms with E-state index >= 15 is 0 Å². The van der Waals surface area contributed by atoms with Gasteiger partial charge in [-0.2, -0.15) is 23.5 Å². The second-order valence-electron chi connectivity index (χ2n) is 4.14. The van der Waals surface area contributed by atoms with Gasteiger partial charge in [-0.15, -0.1) is 11.3 Å². The lowest BCUT2D eigenvalue weighted by Gasteiger charge is -2.21. The summed E-state index contributed by atoms with van der Waals surface area (Å²) in [6, 6.07) is 2.32. The fourth-order valence-corrected chi connectivity index (χ4v) is 5.47. The van der Waals surface area contributed by atoms with Gasteiger partial charge in [0.1, 0.15) is 0 Å². The molecule has 1 aromatic heterocycles. The van der Waals surface area contributed by atoms with Crippen LogP contribution in [0.2, 0.25) is 0 Å². The van der Waals surface area contributed by atoms with Crippen LogP contribution in [-0.2, 0) is 6.54 Å². The maximum absolute atomic E-state index is 3.60. The van der Waals surface area contributed by atoms with Crippen molar-refractivity contribution in [1.82, 2.24) is 5.32 Å². The zero-order valence-corrected chi connectivity index (χ0v) is 12.4. The van der Waals surface area contributed by atoms with Gasteiger partial charge in [-0.1, -0.05) is 0 Å². The van der Waals surface area contributed by atoms with Crippen LogP contribution in [-0.4, -0.2) is 29.1 Å². The summed E-state index contributed by atoms with van der Waals surface area (Å²) in [5.41, 5.74) is 1.48. The van der Waals surface area contributed by atoms with E-state index in [9.17, 15) is 0 Å². The van der Waals surface area contributed by atoms with Gasteiger partial charge < -0.3 is 5.32 Å². The summed E-state index contributed by atoms with van der Waals surface area (Å²) in [6.07, 6.45) is 0. The molecule has 0 saturated carbocycles. The topological polar surface area (TPSA) is 12.0 Å². The smallest absolute Gasteiger partial charge is 0.0263 e. The van der Waals surface area contributed by atoms with Gasteiger partial charge >= 0.3 is 0 Å². The monoisotopic (exact) mass is 273 g/mol. The van der Waals surface area contributed by atoms with E-state index in [0.29, 0.717) is 0 Å². The van der Waals surface area contributed by atoms with Gasteiger partial charge in [0.2, 0.25) is 0 Å². The standard InChI is InChI=1S/C12H19NS3/c1-9-5-11(10(2)16-9)6-13-7-12-8-14-3-4-15-12/h5,12-13H,3-4,6-8H2,1-2H3. The lowest BCUT2D eigenvalue weighted by Crippen LogP contribution is -2.28. The molecule has 1 aromatic rings. The third kappa shape index (κ3) is 3.69. The summed E-state index contributed by atoms with van der Waals surface area (Å²) >= 11 is 6.13. The minimum Gasteiger partial charge on any atom is -0.312 e. The molecule has 1 nitrogen and oxygen atoms in total. The average molecular weight is 273 g/mol. The van der Waals surface area contributed by atoms with E-state index in [-0.39, 0.29) is 0 Å². The maximum atomic E-state index is 3.60. The predicted molar refractivity (Wildman–Crippen MR) is 79.1 cm³/mol. The van der Waals surface area contributed by atoms with Gasteiger partial charge in [0, 0.05) is 45.4 Å². The zero-order valence-electron chi connectivity index (χ0n) is 9.91. The first-order valence-electron chi connectivity index (χ1n) is 5.71. The fraction of sp³-hybridized carbons (Fsp3) is 0.667. The average Bonchev–Trinajstić information content (AvgIpc) is 2.59. The van der Waals surface area contributed by atoms with Crippen LogP contribution in [0.4, 0.5) is 0 Å². The molecule has 16 heavy (non-hydrogen) atoms. The van der Waals surface area contributed by atoms with Gasteiger partial charge in [-0.3, -0.25) is 0 Å². The van der Waals surface area contributed by atoms with Crippen LogP contribution in [0.3, 0.4) is 0 Å². The summed E-state index contributed by atoms with van der Waals surface area (Å²) < 4.78 is 0. The van der Waals surface area contributed by atoms with Gasteiger partial charge in [-0.25, -0.2) is 0 Å². The van der Waals surface area contributed by atoms with E-state index in [1.165, 1.54) is 32.6 Å². The molecular weight excluding hydrogens is 254 g/mol. The summed E-state index contributed by atoms with van der Waals surface area (Å²) in [7, 11) is 0. The van der Waals surface area contributed by atoms with Gasteiger partial charge in [0.05, 0.1) is 0 Å². The Balaban J connectivity index is 1.73. The van der Waals surface area contributed by atoms with Crippen molar-refractivity contribution in [2.24, 2.45) is 0 Å². The molecule has 1 unspecified atom stereocenters. The van der Waals surface area contributed by atoms with E-state index in [0.717, 1.165) is 18.3 Å². The van der Waals surface area contributed by atoms with Crippen molar-refractivity contribution in [2.45, 2.75) is 25.6 Å². The first-order valence-corrected chi connectivity index (χ1v) is 8.73. The number of aryl methyl sites for hydroxylation is 2. The molecule has 1 aliphatic rings. The SMILES string of the molecule is Cc1cc(CNCC2CSCCS2)c(C)s1. The summed E-state index contributed by atoms with van der Waals surface area (Å²) in [5, 5.41) is 4.42. The highest BCUT2D eigenvalue weighted by Gasteiger charge is 2.13. The van der Waals surface area contributed by atoms with Crippen LogP contribution < -0.4 is 5.32 Å². The highest BCUT2D eigenvalue weighted by molar-refractivity contribution is 8.06. The third-order valence-corrected chi connectivity index (χ3v) is 6.57. The number of nitrogens with one attached hydrogen (secondary N) is 1. The van der Waals surface area contributed by atoms with Crippen molar-refractivity contribution < 1.29 is 0 Å². The van der Waals surface area contributed by atoms with Crippen LogP contribution in [0.15, 0.2) is 6.07 Å². The second-order valence-corrected chi connectivity index (χ2v) is 8.16. The molecule has 1 aliphatic heterocycles. The quantitative estimate of drug-likeness (QED) is 0.904. The Morgan fingerprint density at radius 1 is 1.38 bits per heavy atom. The normalized spacial score (nSPS) is 21.2. The van der Waals surface area contributed by atoms with Crippen LogP contribution in [0.1, 0.15) is 15.3 Å². The molecule has 4 heteroatoms. The molecular formula is C12H19NS3.